The van der Waals surface area contributed by atoms with Crippen LogP contribution in [-0.4, -0.2) is 140 Å². The number of carbonyl (C=O) groups is 1. The summed E-state index contributed by atoms with van der Waals surface area (Å²) in [6.45, 7) is 2.65. The molecule has 90 heavy (non-hydrogen) atoms. The topological polar surface area (TPSA) is 228 Å². The number of carbonyl (C=O) groups excluding carboxylic acids is 1. The lowest BCUT2D eigenvalue weighted by Crippen LogP contribution is -2.65. The van der Waals surface area contributed by atoms with E-state index in [0.717, 1.165) is 103 Å². The number of aliphatic hydroxyl groups is 8. The van der Waals surface area contributed by atoms with Gasteiger partial charge in [0, 0.05) is 6.42 Å². The molecule has 2 aliphatic rings. The number of hydrogen-bond acceptors (Lipinski definition) is 13. The van der Waals surface area contributed by atoms with E-state index in [9.17, 15) is 45.6 Å². The number of ether oxygens (including phenoxy) is 4. The second-order valence-corrected chi connectivity index (χ2v) is 23.9. The first-order chi connectivity index (χ1) is 44.1. The summed E-state index contributed by atoms with van der Waals surface area (Å²) in [5.74, 6) is -0.260. The van der Waals surface area contributed by atoms with Gasteiger partial charge in [-0.05, 0) is 109 Å². The van der Waals surface area contributed by atoms with E-state index in [4.69, 9.17) is 18.9 Å². The molecule has 0 spiro atoms. The molecule has 2 aliphatic heterocycles. The molecule has 0 bridgehead atoms. The zero-order chi connectivity index (χ0) is 65.2. The second kappa shape index (κ2) is 58.7. The molecule has 512 valence electrons. The molecule has 0 aromatic heterocycles. The average Bonchev–Trinajstić information content (AvgIpc) is 1.58. The maximum Gasteiger partial charge on any atom is 0.220 e. The Morgan fingerprint density at radius 1 is 0.411 bits per heavy atom. The monoisotopic (exact) mass is 1260 g/mol. The largest absolute Gasteiger partial charge is 0.394 e. The molecule has 1 amide bonds. The van der Waals surface area contributed by atoms with Gasteiger partial charge in [0.1, 0.15) is 48.8 Å². The van der Waals surface area contributed by atoms with Gasteiger partial charge in [0.2, 0.25) is 5.91 Å². The lowest BCUT2D eigenvalue weighted by Gasteiger charge is -2.46. The first-order valence-corrected chi connectivity index (χ1v) is 35.1. The molecule has 2 rings (SSSR count). The number of unbranched alkanes of at least 4 members (excludes halogenated alkanes) is 20. The predicted molar refractivity (Wildman–Crippen MR) is 368 cm³/mol. The van der Waals surface area contributed by atoms with E-state index in [-0.39, 0.29) is 18.9 Å². The normalized spacial score (nSPS) is 23.8. The van der Waals surface area contributed by atoms with E-state index in [1.54, 1.807) is 6.08 Å². The van der Waals surface area contributed by atoms with Crippen LogP contribution in [0.25, 0.3) is 0 Å². The van der Waals surface area contributed by atoms with Crippen LogP contribution in [-0.2, 0) is 23.7 Å². The van der Waals surface area contributed by atoms with Gasteiger partial charge in [-0.25, -0.2) is 0 Å². The maximum atomic E-state index is 13.3. The number of nitrogens with one attached hydrogen (secondary N) is 1. The number of rotatable bonds is 55. The van der Waals surface area contributed by atoms with E-state index < -0.39 is 86.8 Å². The highest BCUT2D eigenvalue weighted by molar-refractivity contribution is 5.76. The van der Waals surface area contributed by atoms with Gasteiger partial charge in [0.05, 0.1) is 32.0 Å². The third-order valence-electron chi connectivity index (χ3n) is 16.0. The molecule has 0 saturated carbocycles. The minimum absolute atomic E-state index is 0.259. The van der Waals surface area contributed by atoms with Crippen LogP contribution in [0.4, 0.5) is 0 Å². The molecule has 14 nitrogen and oxygen atoms in total. The third-order valence-corrected chi connectivity index (χ3v) is 16.0. The van der Waals surface area contributed by atoms with Gasteiger partial charge < -0.3 is 65.1 Å². The van der Waals surface area contributed by atoms with Gasteiger partial charge >= 0.3 is 0 Å². The van der Waals surface area contributed by atoms with Crippen molar-refractivity contribution in [3.63, 3.8) is 0 Å². The average molecular weight is 1260 g/mol. The van der Waals surface area contributed by atoms with Crippen LogP contribution in [0.2, 0.25) is 0 Å². The standard InChI is InChI=1S/C76H125NO13/c1-3-5-7-9-11-13-15-17-19-20-21-22-23-24-25-26-27-28-29-30-31-32-33-34-35-36-37-38-39-40-41-42-43-44-46-48-50-52-54-56-58-60-68(81)77-64(65(80)59-57-55-53-51-49-47-45-18-16-14-12-10-8-6-4-2)63-87-75-73(86)71(84)74(67(62-79)89-75)90-76-72(85)70(83)69(82)66(61-78)88-76/h5,7,11,13,17,19,21-22,24-25,27-28,30-31,33-34,36-37,39-40,49,51,57,59,64-67,69-76,78-80,82-86H,3-4,6,8-10,12,14-16,18,20,23,26,29,32,35,38,41-48,50,52-56,58,60-63H2,1-2H3,(H,77,81)/b7-5-,13-11-,19-17-,22-21-,25-24-,28-27-,31-30-,34-33-,37-36-,40-39-,51-49+,59-57+. The molecule has 2 saturated heterocycles. The van der Waals surface area contributed by atoms with Gasteiger partial charge in [-0.3, -0.25) is 4.79 Å². The molecule has 2 fully saturated rings. The number of hydrogen-bond donors (Lipinski definition) is 9. The molecule has 0 aromatic rings. The highest BCUT2D eigenvalue weighted by Crippen LogP contribution is 2.30. The van der Waals surface area contributed by atoms with Gasteiger partial charge in [-0.1, -0.05) is 262 Å². The summed E-state index contributed by atoms with van der Waals surface area (Å²) < 4.78 is 22.8. The fourth-order valence-corrected chi connectivity index (χ4v) is 10.5. The van der Waals surface area contributed by atoms with Crippen LogP contribution in [0.15, 0.2) is 146 Å². The summed E-state index contributed by atoms with van der Waals surface area (Å²) >= 11 is 0. The van der Waals surface area contributed by atoms with Crippen molar-refractivity contribution in [3.05, 3.63) is 146 Å². The molecular formula is C76H125NO13. The maximum absolute atomic E-state index is 13.3. The Morgan fingerprint density at radius 2 is 0.778 bits per heavy atom. The van der Waals surface area contributed by atoms with Crippen molar-refractivity contribution in [1.29, 1.82) is 0 Å². The SMILES string of the molecule is CC/C=C\C/C=C\C/C=C\C/C=C\C/C=C\C/C=C\C/C=C\C/C=C\C/C=C\C/C=C\CCCCCCCCCCCCC(=O)NC(COC1OC(CO)C(OC2OC(CO)C(O)C(O)C2O)C(O)C1O)C(O)/C=C/CC/C=C/CCCCCCCCCCC. The Labute approximate surface area is 544 Å². The Kier molecular flexibility index (Phi) is 53.4. The predicted octanol–water partition coefficient (Wildman–Crippen LogP) is 14.5. The Morgan fingerprint density at radius 3 is 1.22 bits per heavy atom. The van der Waals surface area contributed by atoms with Crippen molar-refractivity contribution in [2.75, 3.05) is 19.8 Å². The van der Waals surface area contributed by atoms with Crippen LogP contribution < -0.4 is 5.32 Å². The molecule has 2 heterocycles. The summed E-state index contributed by atoms with van der Waals surface area (Å²) in [6.07, 6.45) is 71.9. The Bertz CT molecular complexity index is 2070. The Balaban J connectivity index is 1.62. The highest BCUT2D eigenvalue weighted by atomic mass is 16.7. The lowest BCUT2D eigenvalue weighted by atomic mass is 9.97. The lowest BCUT2D eigenvalue weighted by molar-refractivity contribution is -0.359. The highest BCUT2D eigenvalue weighted by Gasteiger charge is 2.51. The molecule has 12 atom stereocenters. The molecule has 0 aromatic carbocycles. The van der Waals surface area contributed by atoms with Crippen molar-refractivity contribution in [1.82, 2.24) is 5.32 Å². The second-order valence-electron chi connectivity index (χ2n) is 23.9. The van der Waals surface area contributed by atoms with Gasteiger partial charge in [0.25, 0.3) is 0 Å². The first-order valence-electron chi connectivity index (χ1n) is 35.1. The van der Waals surface area contributed by atoms with Gasteiger partial charge in [0.15, 0.2) is 12.6 Å². The Hall–Kier alpha value is -4.13. The molecule has 0 radical (unpaired) electrons. The van der Waals surface area contributed by atoms with Crippen LogP contribution in [0.5, 0.6) is 0 Å². The zero-order valence-corrected chi connectivity index (χ0v) is 55.6. The number of amides is 1. The van der Waals surface area contributed by atoms with Crippen LogP contribution in [0, 0.1) is 0 Å². The zero-order valence-electron chi connectivity index (χ0n) is 55.6. The smallest absolute Gasteiger partial charge is 0.220 e. The quantitative estimate of drug-likeness (QED) is 0.0204. The van der Waals surface area contributed by atoms with Crippen LogP contribution >= 0.6 is 0 Å². The van der Waals surface area contributed by atoms with E-state index in [0.29, 0.717) is 12.8 Å². The number of aliphatic hydroxyl groups excluding tert-OH is 8. The van der Waals surface area contributed by atoms with E-state index >= 15 is 0 Å². The van der Waals surface area contributed by atoms with E-state index in [1.807, 2.05) is 6.08 Å². The van der Waals surface area contributed by atoms with E-state index in [1.165, 1.54) is 96.3 Å². The van der Waals surface area contributed by atoms with Crippen LogP contribution in [0.1, 0.15) is 232 Å². The summed E-state index contributed by atoms with van der Waals surface area (Å²) in [4.78, 5) is 13.3. The van der Waals surface area contributed by atoms with Crippen molar-refractivity contribution in [2.24, 2.45) is 0 Å². The fraction of sp³-hybridized carbons (Fsp3) is 0.671. The van der Waals surface area contributed by atoms with Crippen molar-refractivity contribution in [3.8, 4) is 0 Å². The molecule has 9 N–H and O–H groups in total. The van der Waals surface area contributed by atoms with Crippen molar-refractivity contribution in [2.45, 2.75) is 306 Å². The summed E-state index contributed by atoms with van der Waals surface area (Å²) in [6, 6.07) is -0.943. The molecule has 0 aliphatic carbocycles. The van der Waals surface area contributed by atoms with Gasteiger partial charge in [-0.15, -0.1) is 0 Å². The fourth-order valence-electron chi connectivity index (χ4n) is 10.5. The molecular weight excluding hydrogens is 1130 g/mol. The first kappa shape index (κ1) is 82.0. The third kappa shape index (κ3) is 42.2. The number of allylic oxidation sites excluding steroid dienone is 23. The molecule has 12 unspecified atom stereocenters. The van der Waals surface area contributed by atoms with Gasteiger partial charge in [-0.2, -0.15) is 0 Å². The van der Waals surface area contributed by atoms with Crippen molar-refractivity contribution >= 4 is 5.91 Å². The summed E-state index contributed by atoms with van der Waals surface area (Å²) in [5.41, 5.74) is 0. The van der Waals surface area contributed by atoms with E-state index in [2.05, 4.69) is 153 Å². The summed E-state index contributed by atoms with van der Waals surface area (Å²) in [7, 11) is 0. The summed E-state index contributed by atoms with van der Waals surface area (Å²) in [5, 5.41) is 87.2. The molecule has 14 heteroatoms. The van der Waals surface area contributed by atoms with Crippen molar-refractivity contribution < 1.29 is 64.6 Å². The minimum atomic E-state index is -1.80. The minimum Gasteiger partial charge on any atom is -0.394 e. The van der Waals surface area contributed by atoms with Crippen LogP contribution in [0.3, 0.4) is 0 Å².